The third-order valence-corrected chi connectivity index (χ3v) is 14.4. The minimum atomic E-state index is -2.49. The number of amides is 2. The molecule has 378 valence electrons. The zero-order chi connectivity index (χ0) is 51.6. The molecule has 11 atom stereocenters. The van der Waals surface area contributed by atoms with E-state index in [2.05, 4.69) is 10.6 Å². The van der Waals surface area contributed by atoms with Gasteiger partial charge in [0.25, 0.3) is 5.91 Å². The molecular weight excluding hydrogens is 925 g/mol. The lowest BCUT2D eigenvalue weighted by atomic mass is 9.44. The number of hydrogen-bond acceptors (Lipinski definition) is 17. The van der Waals surface area contributed by atoms with Crippen molar-refractivity contribution in [2.24, 2.45) is 16.7 Å². The van der Waals surface area contributed by atoms with Crippen molar-refractivity contribution in [3.05, 3.63) is 119 Å². The Kier molecular flexibility index (Phi) is 15.0. The molecule has 0 radical (unpaired) electrons. The Labute approximate surface area is 409 Å². The van der Waals surface area contributed by atoms with Gasteiger partial charge in [0, 0.05) is 44.7 Å². The number of ketones is 1. The molecule has 1 aliphatic heterocycles. The SMILES string of the molecule is CNC(=O)COCC(=O)O[C@@H](C(=O)O[C@H]1C[C@@]2(O)[C@@H](OC(=O)c3ccccc3)[C@@H]3[C@]4(OC(C)=O)CO[C@@H]4C[C@H](O)[C@@]3(C)C(=O)[C@H](OC(C)=O)C(=C1C)C2(C)C)C(NC(=O)c1ccccc1)c1ccccc1. The number of aliphatic hydroxyl groups excluding tert-OH is 1. The van der Waals surface area contributed by atoms with Crippen LogP contribution in [0.5, 0.6) is 0 Å². The van der Waals surface area contributed by atoms with Crippen LogP contribution < -0.4 is 10.6 Å². The number of nitrogens with one attached hydrogen (secondary N) is 2. The monoisotopic (exact) mass is 982 g/mol. The van der Waals surface area contributed by atoms with Crippen LogP contribution in [-0.4, -0.2) is 132 Å². The normalized spacial score (nSPS) is 29.1. The maximum Gasteiger partial charge on any atom is 0.350 e. The zero-order valence-electron chi connectivity index (χ0n) is 40.3. The summed E-state index contributed by atoms with van der Waals surface area (Å²) in [5.74, 6) is -8.95. The highest BCUT2D eigenvalue weighted by molar-refractivity contribution is 5.96. The fourth-order valence-electron chi connectivity index (χ4n) is 10.8. The first-order valence-corrected chi connectivity index (χ1v) is 23.1. The van der Waals surface area contributed by atoms with Gasteiger partial charge in [-0.15, -0.1) is 0 Å². The number of carbonyl (C=O) groups is 8. The second-order valence-electron chi connectivity index (χ2n) is 19.0. The number of carbonyl (C=O) groups excluding carboxylic acids is 8. The van der Waals surface area contributed by atoms with Crippen LogP contribution in [0.3, 0.4) is 0 Å². The van der Waals surface area contributed by atoms with Crippen LogP contribution in [-0.2, 0) is 61.9 Å². The van der Waals surface area contributed by atoms with Crippen LogP contribution >= 0.6 is 0 Å². The number of benzene rings is 3. The highest BCUT2D eigenvalue weighted by Gasteiger charge is 2.78. The van der Waals surface area contributed by atoms with Crippen molar-refractivity contribution in [3.8, 4) is 0 Å². The Hall–Kier alpha value is -6.80. The number of rotatable bonds is 15. The molecular formula is C52H58N2O17. The van der Waals surface area contributed by atoms with Gasteiger partial charge in [0.05, 0.1) is 29.6 Å². The van der Waals surface area contributed by atoms with E-state index in [0.717, 1.165) is 13.8 Å². The fraction of sp³-hybridized carbons (Fsp3) is 0.462. The Morgan fingerprint density at radius 3 is 1.99 bits per heavy atom. The van der Waals surface area contributed by atoms with Gasteiger partial charge in [-0.2, -0.15) is 0 Å². The van der Waals surface area contributed by atoms with Crippen LogP contribution in [0.2, 0.25) is 0 Å². The van der Waals surface area contributed by atoms with Gasteiger partial charge in [-0.05, 0) is 54.8 Å². The van der Waals surface area contributed by atoms with E-state index in [1.807, 2.05) is 0 Å². The lowest BCUT2D eigenvalue weighted by molar-refractivity contribution is -0.346. The maximum atomic E-state index is 15.7. The molecule has 71 heavy (non-hydrogen) atoms. The van der Waals surface area contributed by atoms with Crippen molar-refractivity contribution < 1.29 is 81.7 Å². The number of fused-ring (bicyclic) bond motifs is 5. The Morgan fingerprint density at radius 1 is 0.817 bits per heavy atom. The Balaban J connectivity index is 1.41. The van der Waals surface area contributed by atoms with Gasteiger partial charge in [-0.3, -0.25) is 24.0 Å². The number of aliphatic hydroxyl groups is 2. The molecule has 4 aliphatic rings. The molecule has 0 spiro atoms. The number of Topliss-reactive ketones (excluding diaryl/α,β-unsaturated/α-hetero) is 1. The fourth-order valence-corrected chi connectivity index (χ4v) is 10.8. The van der Waals surface area contributed by atoms with E-state index < -0.39 is 138 Å². The molecule has 1 unspecified atom stereocenters. The molecule has 3 aromatic rings. The van der Waals surface area contributed by atoms with E-state index in [1.54, 1.807) is 66.7 Å². The first-order chi connectivity index (χ1) is 33.6. The predicted molar refractivity (Wildman–Crippen MR) is 246 cm³/mol. The van der Waals surface area contributed by atoms with Gasteiger partial charge < -0.3 is 54.0 Å². The molecule has 1 heterocycles. The van der Waals surface area contributed by atoms with Crippen LogP contribution in [0, 0.1) is 16.7 Å². The lowest BCUT2D eigenvalue weighted by Crippen LogP contribution is -2.82. The molecule has 2 saturated carbocycles. The van der Waals surface area contributed by atoms with Crippen molar-refractivity contribution in [3.63, 3.8) is 0 Å². The second kappa shape index (κ2) is 20.5. The molecule has 2 bridgehead atoms. The highest BCUT2D eigenvalue weighted by atomic mass is 16.6. The maximum absolute atomic E-state index is 15.7. The minimum absolute atomic E-state index is 0.0280. The summed E-state index contributed by atoms with van der Waals surface area (Å²) < 4.78 is 41.7. The van der Waals surface area contributed by atoms with Crippen LogP contribution in [0.15, 0.2) is 102 Å². The van der Waals surface area contributed by atoms with Crippen LogP contribution in [0.25, 0.3) is 0 Å². The molecule has 2 amide bonds. The van der Waals surface area contributed by atoms with E-state index in [1.165, 1.54) is 59.0 Å². The number of esters is 5. The summed E-state index contributed by atoms with van der Waals surface area (Å²) in [4.78, 5) is 111. The van der Waals surface area contributed by atoms with Crippen molar-refractivity contribution in [1.29, 1.82) is 0 Å². The van der Waals surface area contributed by atoms with Gasteiger partial charge in [0.2, 0.25) is 12.0 Å². The zero-order valence-corrected chi connectivity index (χ0v) is 40.3. The third kappa shape index (κ3) is 9.70. The Bertz CT molecular complexity index is 2590. The summed E-state index contributed by atoms with van der Waals surface area (Å²) in [6.07, 6.45) is -11.0. The summed E-state index contributed by atoms with van der Waals surface area (Å²) in [7, 11) is 1.36. The molecule has 19 nitrogen and oxygen atoms in total. The molecule has 7 rings (SSSR count). The molecule has 1 saturated heterocycles. The summed E-state index contributed by atoms with van der Waals surface area (Å²) in [6.45, 7) is 6.37. The van der Waals surface area contributed by atoms with Gasteiger partial charge in [-0.1, -0.05) is 80.6 Å². The number of hydrogen-bond donors (Lipinski definition) is 4. The summed E-state index contributed by atoms with van der Waals surface area (Å²) >= 11 is 0. The van der Waals surface area contributed by atoms with E-state index in [0.29, 0.717) is 0 Å². The van der Waals surface area contributed by atoms with Crippen LogP contribution in [0.1, 0.15) is 86.7 Å². The molecule has 19 heteroatoms. The van der Waals surface area contributed by atoms with Crippen molar-refractivity contribution in [1.82, 2.24) is 10.6 Å². The number of likely N-dealkylation sites (N-methyl/N-ethyl adjacent to an activating group) is 1. The average molecular weight is 983 g/mol. The summed E-state index contributed by atoms with van der Waals surface area (Å²) in [5.41, 5.74) is -7.69. The van der Waals surface area contributed by atoms with Gasteiger partial charge in [-0.25, -0.2) is 14.4 Å². The third-order valence-electron chi connectivity index (χ3n) is 14.4. The van der Waals surface area contributed by atoms with E-state index in [-0.39, 0.29) is 40.9 Å². The van der Waals surface area contributed by atoms with Gasteiger partial charge in [0.1, 0.15) is 43.2 Å². The van der Waals surface area contributed by atoms with Crippen molar-refractivity contribution >= 4 is 47.4 Å². The van der Waals surface area contributed by atoms with E-state index in [4.69, 9.17) is 33.2 Å². The van der Waals surface area contributed by atoms with Crippen molar-refractivity contribution in [2.75, 3.05) is 26.9 Å². The van der Waals surface area contributed by atoms with E-state index >= 15 is 9.59 Å². The topological polar surface area (TPSA) is 266 Å². The van der Waals surface area contributed by atoms with E-state index in [9.17, 15) is 39.0 Å². The first-order valence-electron chi connectivity index (χ1n) is 23.1. The summed E-state index contributed by atoms with van der Waals surface area (Å²) in [5, 5.41) is 31.2. The Morgan fingerprint density at radius 2 is 1.42 bits per heavy atom. The smallest absolute Gasteiger partial charge is 0.350 e. The molecule has 4 N–H and O–H groups in total. The first kappa shape index (κ1) is 52.0. The van der Waals surface area contributed by atoms with Gasteiger partial charge >= 0.3 is 29.8 Å². The predicted octanol–water partition coefficient (Wildman–Crippen LogP) is 3.05. The average Bonchev–Trinajstić information content (AvgIpc) is 3.33. The number of ether oxygens (including phenoxy) is 7. The second-order valence-corrected chi connectivity index (χ2v) is 19.0. The summed E-state index contributed by atoms with van der Waals surface area (Å²) in [6, 6.07) is 22.3. The molecule has 3 aromatic carbocycles. The minimum Gasteiger partial charge on any atom is -0.455 e. The molecule has 0 aromatic heterocycles. The lowest BCUT2D eigenvalue weighted by Gasteiger charge is -2.67. The molecule has 3 fully saturated rings. The standard InChI is InChI=1S/C52H58N2O17/c1-28-34(68-48(63)42(69-38(59)26-65-25-37(58)53-7)40(31-17-11-8-12-18-31)54-46(61)32-19-13-9-14-20-32)24-52(64)45(70-47(62)33-21-15-10-16-22-33)43-50(6,35(57)23-36-51(43,27-66-36)71-30(3)56)44(60)41(67-29(2)55)39(28)49(52,4)5/h8-22,34-36,40-43,45,57,64H,23-27H2,1-7H3,(H,53,58)(H,54,61)/t34-,35-,36+,40?,41+,42+,43-,45-,50+,51-,52+/m0/s1. The van der Waals surface area contributed by atoms with Gasteiger partial charge in [0.15, 0.2) is 17.5 Å². The van der Waals surface area contributed by atoms with Crippen molar-refractivity contribution in [2.45, 2.75) is 108 Å². The quantitative estimate of drug-likeness (QED) is 0.0969. The highest BCUT2D eigenvalue weighted by Crippen LogP contribution is 2.64. The largest absolute Gasteiger partial charge is 0.455 e. The molecule has 3 aliphatic carbocycles. The van der Waals surface area contributed by atoms with Crippen LogP contribution in [0.4, 0.5) is 0 Å².